The van der Waals surface area contributed by atoms with E-state index in [2.05, 4.69) is 43.2 Å². The molecule has 0 saturated heterocycles. The predicted molar refractivity (Wildman–Crippen MR) is 62.1 cm³/mol. The van der Waals surface area contributed by atoms with Crippen LogP contribution in [0.15, 0.2) is 18.2 Å². The van der Waals surface area contributed by atoms with E-state index in [-0.39, 0.29) is 16.5 Å². The molecular weight excluding hydrogens is 314 g/mol. The van der Waals surface area contributed by atoms with Crippen LogP contribution in [0, 0.1) is 6.07 Å². The molecule has 0 aliphatic rings. The van der Waals surface area contributed by atoms with E-state index in [0.717, 1.165) is 0 Å². The van der Waals surface area contributed by atoms with Crippen LogP contribution in [-0.4, -0.2) is 21.2 Å². The highest BCUT2D eigenvalue weighted by molar-refractivity contribution is 9.12. The van der Waals surface area contributed by atoms with Gasteiger partial charge in [0, 0.05) is 23.2 Å². The lowest BCUT2D eigenvalue weighted by atomic mass is 10.3. The van der Waals surface area contributed by atoms with Crippen LogP contribution < -0.4 is 5.32 Å². The number of hydrogen-bond acceptors (Lipinski definition) is 2. The standard InChI is InChI=1S/C9H8Br2NO2/c10-5-8(11)9(14)12-6-2-1-3-7(13)4-6/h1-2,4,8,13H,5H2,(H,12,14). The lowest BCUT2D eigenvalue weighted by Crippen LogP contribution is -2.23. The Balaban J connectivity index is 2.65. The van der Waals surface area contributed by atoms with Gasteiger partial charge in [-0.1, -0.05) is 31.9 Å². The average Bonchev–Trinajstić information content (AvgIpc) is 2.16. The third-order valence-corrected chi connectivity index (χ3v) is 3.73. The zero-order chi connectivity index (χ0) is 10.6. The molecule has 0 fully saturated rings. The Labute approximate surface area is 98.8 Å². The molecule has 0 aliphatic heterocycles. The molecule has 0 bridgehead atoms. The number of benzene rings is 1. The van der Waals surface area contributed by atoms with Gasteiger partial charge in [0.25, 0.3) is 0 Å². The molecule has 1 atom stereocenters. The first-order valence-electron chi connectivity index (χ1n) is 3.85. The van der Waals surface area contributed by atoms with Crippen molar-refractivity contribution in [2.75, 3.05) is 10.6 Å². The van der Waals surface area contributed by atoms with Crippen molar-refractivity contribution in [2.24, 2.45) is 0 Å². The summed E-state index contributed by atoms with van der Waals surface area (Å²) in [5.41, 5.74) is 0.552. The second kappa shape index (κ2) is 5.36. The maximum absolute atomic E-state index is 11.4. The number of rotatable bonds is 3. The van der Waals surface area contributed by atoms with Crippen molar-refractivity contribution in [3.05, 3.63) is 24.3 Å². The van der Waals surface area contributed by atoms with Crippen LogP contribution in [0.1, 0.15) is 0 Å². The molecule has 5 heteroatoms. The van der Waals surface area contributed by atoms with Crippen LogP contribution in [0.25, 0.3) is 0 Å². The Bertz CT molecular complexity index is 330. The SMILES string of the molecule is O=C(Nc1cc[c]c(O)c1)C(Br)CBr. The third-order valence-electron chi connectivity index (χ3n) is 1.47. The van der Waals surface area contributed by atoms with Crippen molar-refractivity contribution in [1.29, 1.82) is 0 Å². The number of anilines is 1. The van der Waals surface area contributed by atoms with E-state index in [1.54, 1.807) is 12.1 Å². The number of carbonyl (C=O) groups excluding carboxylic acids is 1. The van der Waals surface area contributed by atoms with E-state index in [4.69, 9.17) is 5.11 Å². The number of hydrogen-bond donors (Lipinski definition) is 2. The summed E-state index contributed by atoms with van der Waals surface area (Å²) in [4.78, 5) is 11.1. The highest BCUT2D eigenvalue weighted by atomic mass is 79.9. The second-order valence-corrected chi connectivity index (χ2v) is 4.33. The van der Waals surface area contributed by atoms with Crippen LogP contribution >= 0.6 is 31.9 Å². The number of nitrogens with one attached hydrogen (secondary N) is 1. The minimum atomic E-state index is -0.283. The summed E-state index contributed by atoms with van der Waals surface area (Å²) >= 11 is 6.37. The van der Waals surface area contributed by atoms with Gasteiger partial charge in [-0.2, -0.15) is 0 Å². The summed E-state index contributed by atoms with van der Waals surface area (Å²) in [6, 6.07) is 7.21. The molecule has 3 nitrogen and oxygen atoms in total. The van der Waals surface area contributed by atoms with Gasteiger partial charge in [0.15, 0.2) is 0 Å². The second-order valence-electron chi connectivity index (χ2n) is 2.57. The normalized spacial score (nSPS) is 12.1. The van der Waals surface area contributed by atoms with Crippen molar-refractivity contribution >= 4 is 43.5 Å². The summed E-state index contributed by atoms with van der Waals surface area (Å²) in [6.07, 6.45) is 0. The molecule has 0 heterocycles. The highest BCUT2D eigenvalue weighted by Gasteiger charge is 2.12. The van der Waals surface area contributed by atoms with Gasteiger partial charge in [0.1, 0.15) is 10.6 Å². The van der Waals surface area contributed by atoms with Gasteiger partial charge in [-0.25, -0.2) is 0 Å². The monoisotopic (exact) mass is 320 g/mol. The van der Waals surface area contributed by atoms with Gasteiger partial charge < -0.3 is 10.4 Å². The number of phenolic OH excluding ortho intramolecular Hbond substituents is 1. The molecule has 1 unspecified atom stereocenters. The highest BCUT2D eigenvalue weighted by Crippen LogP contribution is 2.16. The van der Waals surface area contributed by atoms with E-state index in [9.17, 15) is 4.79 Å². The van der Waals surface area contributed by atoms with Crippen molar-refractivity contribution in [3.63, 3.8) is 0 Å². The number of phenols is 1. The van der Waals surface area contributed by atoms with Crippen molar-refractivity contribution in [1.82, 2.24) is 0 Å². The van der Waals surface area contributed by atoms with Gasteiger partial charge in [0.05, 0.1) is 0 Å². The fourth-order valence-corrected chi connectivity index (χ4v) is 1.23. The van der Waals surface area contributed by atoms with Gasteiger partial charge in [-0.3, -0.25) is 4.79 Å². The first-order chi connectivity index (χ1) is 6.63. The van der Waals surface area contributed by atoms with Gasteiger partial charge in [-0.15, -0.1) is 0 Å². The summed E-state index contributed by atoms with van der Waals surface area (Å²) in [6.45, 7) is 0. The largest absolute Gasteiger partial charge is 0.507 e. The maximum atomic E-state index is 11.4. The molecule has 1 radical (unpaired) electrons. The summed E-state index contributed by atoms with van der Waals surface area (Å²) < 4.78 is 0. The van der Waals surface area contributed by atoms with Crippen molar-refractivity contribution in [3.8, 4) is 5.75 Å². The third kappa shape index (κ3) is 3.31. The molecule has 0 spiro atoms. The van der Waals surface area contributed by atoms with Crippen LogP contribution in [0.2, 0.25) is 0 Å². The average molecular weight is 322 g/mol. The van der Waals surface area contributed by atoms with Gasteiger partial charge >= 0.3 is 0 Å². The van der Waals surface area contributed by atoms with E-state index in [1.807, 2.05) is 0 Å². The van der Waals surface area contributed by atoms with Gasteiger partial charge in [0.2, 0.25) is 5.91 Å². The minimum Gasteiger partial charge on any atom is -0.507 e. The topological polar surface area (TPSA) is 49.3 Å². The molecule has 2 N–H and O–H groups in total. The molecule has 0 saturated carbocycles. The molecular formula is C9H8Br2NO2. The minimum absolute atomic E-state index is 0.00719. The number of alkyl halides is 2. The number of amides is 1. The van der Waals surface area contributed by atoms with E-state index >= 15 is 0 Å². The first kappa shape index (κ1) is 11.5. The predicted octanol–water partition coefficient (Wildman–Crippen LogP) is 2.29. The lowest BCUT2D eigenvalue weighted by molar-refractivity contribution is -0.115. The summed E-state index contributed by atoms with van der Waals surface area (Å²) in [5, 5.41) is 12.3. The molecule has 1 rings (SSSR count). The molecule has 1 aromatic rings. The van der Waals surface area contributed by atoms with E-state index in [1.165, 1.54) is 6.07 Å². The fourth-order valence-electron chi connectivity index (χ4n) is 0.822. The Morgan fingerprint density at radius 1 is 1.71 bits per heavy atom. The number of carbonyl (C=O) groups is 1. The smallest absolute Gasteiger partial charge is 0.239 e. The Morgan fingerprint density at radius 3 is 3.00 bits per heavy atom. The van der Waals surface area contributed by atoms with Crippen LogP contribution in [0.3, 0.4) is 0 Å². The molecule has 0 aromatic heterocycles. The Kier molecular flexibility index (Phi) is 4.41. The van der Waals surface area contributed by atoms with Gasteiger partial charge in [-0.05, 0) is 12.1 Å². The van der Waals surface area contributed by atoms with Crippen LogP contribution in [0.4, 0.5) is 5.69 Å². The van der Waals surface area contributed by atoms with Crippen LogP contribution in [-0.2, 0) is 4.79 Å². The molecule has 14 heavy (non-hydrogen) atoms. The zero-order valence-corrected chi connectivity index (χ0v) is 10.3. The quantitative estimate of drug-likeness (QED) is 0.839. The lowest BCUT2D eigenvalue weighted by Gasteiger charge is -2.07. The Morgan fingerprint density at radius 2 is 2.43 bits per heavy atom. The number of halogens is 2. The Hall–Kier alpha value is -0.550. The molecule has 0 aliphatic carbocycles. The summed E-state index contributed by atoms with van der Waals surface area (Å²) in [7, 11) is 0. The molecule has 1 aromatic carbocycles. The molecule has 1 amide bonds. The van der Waals surface area contributed by atoms with Crippen molar-refractivity contribution in [2.45, 2.75) is 4.83 Å². The van der Waals surface area contributed by atoms with Crippen molar-refractivity contribution < 1.29 is 9.90 Å². The number of aromatic hydroxyl groups is 1. The maximum Gasteiger partial charge on any atom is 0.239 e. The zero-order valence-electron chi connectivity index (χ0n) is 7.13. The van der Waals surface area contributed by atoms with E-state index < -0.39 is 0 Å². The summed E-state index contributed by atoms with van der Waals surface area (Å²) in [5.74, 6) is -0.153. The first-order valence-corrected chi connectivity index (χ1v) is 5.89. The van der Waals surface area contributed by atoms with Crippen LogP contribution in [0.5, 0.6) is 5.75 Å². The van der Waals surface area contributed by atoms with E-state index in [0.29, 0.717) is 11.0 Å². The molecule has 75 valence electrons. The fraction of sp³-hybridized carbons (Fsp3) is 0.222.